The Balaban J connectivity index is 2.70. The lowest BCUT2D eigenvalue weighted by molar-refractivity contribution is -0.0918. The zero-order valence-corrected chi connectivity index (χ0v) is 4.77. The number of rotatable bonds is 0. The molecule has 1 saturated heterocycles. The molecular weight excluding hydrogens is 126 g/mol. The topological polar surface area (TPSA) is 27.0 Å². The van der Waals surface area contributed by atoms with Crippen LogP contribution in [0.25, 0.3) is 0 Å². The van der Waals surface area contributed by atoms with Gasteiger partial charge in [-0.15, -0.1) is 4.48 Å². The van der Waals surface area contributed by atoms with Crippen LogP contribution < -0.4 is 0 Å². The number of nitriles is 1. The molecule has 1 fully saturated rings. The van der Waals surface area contributed by atoms with Crippen LogP contribution in [-0.4, -0.2) is 17.5 Å². The number of hydrogen-bond acceptors (Lipinski definition) is 2. The Morgan fingerprint density at radius 3 is 2.56 bits per heavy atom. The van der Waals surface area contributed by atoms with Crippen molar-refractivity contribution in [3.63, 3.8) is 0 Å². The van der Waals surface area contributed by atoms with Crippen LogP contribution in [0.4, 0.5) is 8.87 Å². The number of nitrogens with zero attached hydrogens (tertiary/aromatic N) is 2. The van der Waals surface area contributed by atoms with Crippen molar-refractivity contribution in [2.75, 3.05) is 6.54 Å². The zero-order chi connectivity index (χ0) is 6.91. The number of halogens is 2. The fourth-order valence-corrected chi connectivity index (χ4v) is 0.861. The van der Waals surface area contributed by atoms with Gasteiger partial charge in [-0.05, 0) is 6.42 Å². The highest BCUT2D eigenvalue weighted by Crippen LogP contribution is 2.29. The molecule has 0 N–H and O–H groups in total. The van der Waals surface area contributed by atoms with Crippen LogP contribution in [0.15, 0.2) is 0 Å². The number of hydrogen-bond donors (Lipinski definition) is 0. The Labute approximate surface area is 51.6 Å². The second-order valence-electron chi connectivity index (χ2n) is 2.06. The molecule has 1 aliphatic rings. The van der Waals surface area contributed by atoms with E-state index in [-0.39, 0.29) is 18.1 Å². The third-order valence-corrected chi connectivity index (χ3v) is 1.42. The average molecular weight is 132 g/mol. The van der Waals surface area contributed by atoms with Crippen molar-refractivity contribution in [3.05, 3.63) is 0 Å². The Kier molecular flexibility index (Phi) is 1.37. The van der Waals surface area contributed by atoms with E-state index in [9.17, 15) is 8.87 Å². The second-order valence-corrected chi connectivity index (χ2v) is 2.06. The average Bonchev–Trinajstić information content (AvgIpc) is 2.15. The summed E-state index contributed by atoms with van der Waals surface area (Å²) < 4.78 is 24.8. The first kappa shape index (κ1) is 6.43. The summed E-state index contributed by atoms with van der Waals surface area (Å²) >= 11 is 0. The van der Waals surface area contributed by atoms with Gasteiger partial charge in [0, 0.05) is 13.0 Å². The molecule has 4 heteroatoms. The fourth-order valence-electron chi connectivity index (χ4n) is 0.861. The van der Waals surface area contributed by atoms with E-state index in [1.807, 2.05) is 0 Å². The molecule has 50 valence electrons. The van der Waals surface area contributed by atoms with Crippen LogP contribution >= 0.6 is 0 Å². The van der Waals surface area contributed by atoms with Crippen LogP contribution in [0.5, 0.6) is 0 Å². The quantitative estimate of drug-likeness (QED) is 0.365. The van der Waals surface area contributed by atoms with Gasteiger partial charge in [-0.1, -0.05) is 5.12 Å². The lowest BCUT2D eigenvalue weighted by Crippen LogP contribution is -2.31. The van der Waals surface area contributed by atoms with Crippen molar-refractivity contribution in [2.24, 2.45) is 0 Å². The summed E-state index contributed by atoms with van der Waals surface area (Å²) in [5.74, 6) is -2.33. The maximum atomic E-state index is 12.6. The van der Waals surface area contributed by atoms with E-state index in [0.29, 0.717) is 6.42 Å². The molecule has 2 nitrogen and oxygen atoms in total. The summed E-state index contributed by atoms with van der Waals surface area (Å²) in [7, 11) is 0. The highest BCUT2D eigenvalue weighted by molar-refractivity contribution is 5.00. The first-order chi connectivity index (χ1) is 4.19. The molecular formula is C5H6F2N2. The minimum Gasteiger partial charge on any atom is -0.207 e. The first-order valence-corrected chi connectivity index (χ1v) is 2.73. The molecule has 1 unspecified atom stereocenters. The molecule has 0 amide bonds. The van der Waals surface area contributed by atoms with Crippen molar-refractivity contribution in [2.45, 2.75) is 18.6 Å². The summed E-state index contributed by atoms with van der Waals surface area (Å²) in [5.41, 5.74) is 0. The first-order valence-electron chi connectivity index (χ1n) is 2.73. The molecule has 1 aliphatic heterocycles. The Bertz CT molecular complexity index is 154. The van der Waals surface area contributed by atoms with E-state index in [0.717, 1.165) is 0 Å². The van der Waals surface area contributed by atoms with Gasteiger partial charge >= 0.3 is 0 Å². The van der Waals surface area contributed by atoms with Crippen LogP contribution in [0.2, 0.25) is 0 Å². The van der Waals surface area contributed by atoms with Gasteiger partial charge < -0.3 is 0 Å². The minimum absolute atomic E-state index is 0.0139. The summed E-state index contributed by atoms with van der Waals surface area (Å²) in [4.78, 5) is 0. The monoisotopic (exact) mass is 132 g/mol. The van der Waals surface area contributed by atoms with E-state index >= 15 is 0 Å². The highest BCUT2D eigenvalue weighted by Gasteiger charge is 2.42. The normalized spacial score (nSPS) is 36.6. The summed E-state index contributed by atoms with van der Waals surface area (Å²) in [5, 5.41) is 8.04. The van der Waals surface area contributed by atoms with E-state index < -0.39 is 5.79 Å². The van der Waals surface area contributed by atoms with Crippen LogP contribution in [0.1, 0.15) is 12.8 Å². The van der Waals surface area contributed by atoms with Crippen molar-refractivity contribution in [1.29, 1.82) is 5.26 Å². The molecule has 0 bridgehead atoms. The van der Waals surface area contributed by atoms with Gasteiger partial charge in [0.05, 0.1) is 0 Å². The summed E-state index contributed by atoms with van der Waals surface area (Å²) in [6.07, 6.45) is 0.403. The Hall–Kier alpha value is -0.690. The maximum Gasteiger partial charge on any atom is 0.275 e. The minimum atomic E-state index is -2.33. The third-order valence-electron chi connectivity index (χ3n) is 1.42. The molecule has 1 atom stereocenters. The molecule has 9 heavy (non-hydrogen) atoms. The van der Waals surface area contributed by atoms with Crippen molar-refractivity contribution >= 4 is 0 Å². The second kappa shape index (κ2) is 1.92. The molecule has 0 aromatic heterocycles. The van der Waals surface area contributed by atoms with E-state index in [1.165, 1.54) is 6.07 Å². The predicted octanol–water partition coefficient (Wildman–Crippen LogP) is 1.16. The van der Waals surface area contributed by atoms with Crippen LogP contribution in [0.3, 0.4) is 0 Å². The molecule has 1 heterocycles. The Morgan fingerprint density at radius 2 is 2.33 bits per heavy atom. The standard InChI is InChI=1S/C5H6F2N2/c6-5(4-8)2-1-3-9(5)7/h1-3H2. The lowest BCUT2D eigenvalue weighted by atomic mass is 10.2. The van der Waals surface area contributed by atoms with E-state index in [4.69, 9.17) is 5.26 Å². The Morgan fingerprint density at radius 1 is 1.67 bits per heavy atom. The van der Waals surface area contributed by atoms with Crippen molar-refractivity contribution in [1.82, 2.24) is 5.12 Å². The largest absolute Gasteiger partial charge is 0.275 e. The van der Waals surface area contributed by atoms with Crippen molar-refractivity contribution < 1.29 is 8.87 Å². The number of alkyl halides is 1. The molecule has 0 aromatic carbocycles. The highest BCUT2D eigenvalue weighted by atomic mass is 19.2. The molecule has 0 aromatic rings. The summed E-state index contributed by atoms with van der Waals surface area (Å²) in [6.45, 7) is 0.0318. The molecule has 0 radical (unpaired) electrons. The van der Waals surface area contributed by atoms with Crippen LogP contribution in [0, 0.1) is 11.3 Å². The maximum absolute atomic E-state index is 12.6. The lowest BCUT2D eigenvalue weighted by Gasteiger charge is -2.13. The van der Waals surface area contributed by atoms with Gasteiger partial charge in [0.2, 0.25) is 0 Å². The molecule has 0 aliphatic carbocycles. The van der Waals surface area contributed by atoms with Gasteiger partial charge in [-0.25, -0.2) is 4.39 Å². The molecule has 1 rings (SSSR count). The van der Waals surface area contributed by atoms with Gasteiger partial charge in [0.25, 0.3) is 5.79 Å². The van der Waals surface area contributed by atoms with Gasteiger partial charge in [0.1, 0.15) is 6.07 Å². The zero-order valence-electron chi connectivity index (χ0n) is 4.77. The van der Waals surface area contributed by atoms with Crippen LogP contribution in [-0.2, 0) is 0 Å². The van der Waals surface area contributed by atoms with Gasteiger partial charge in [0.15, 0.2) is 0 Å². The smallest absolute Gasteiger partial charge is 0.207 e. The van der Waals surface area contributed by atoms with E-state index in [1.54, 1.807) is 0 Å². The fraction of sp³-hybridized carbons (Fsp3) is 0.800. The molecule has 0 saturated carbocycles. The summed E-state index contributed by atoms with van der Waals surface area (Å²) in [6, 6.07) is 1.27. The van der Waals surface area contributed by atoms with E-state index in [2.05, 4.69) is 0 Å². The molecule has 0 spiro atoms. The predicted molar refractivity (Wildman–Crippen MR) is 26.5 cm³/mol. The SMILES string of the molecule is N#CC1(F)CCCN1F. The van der Waals surface area contributed by atoms with Gasteiger partial charge in [-0.3, -0.25) is 0 Å². The van der Waals surface area contributed by atoms with Crippen molar-refractivity contribution in [3.8, 4) is 6.07 Å². The third kappa shape index (κ3) is 0.879. The van der Waals surface area contributed by atoms with Gasteiger partial charge in [-0.2, -0.15) is 5.26 Å².